The van der Waals surface area contributed by atoms with E-state index in [4.69, 9.17) is 9.47 Å². The molecule has 10 rings (SSSR count). The largest absolute Gasteiger partial charge is 0.457 e. The second-order valence-electron chi connectivity index (χ2n) is 13.2. The Hall–Kier alpha value is -6.92. The molecule has 52 heavy (non-hydrogen) atoms. The van der Waals surface area contributed by atoms with Crippen molar-refractivity contribution in [1.29, 1.82) is 0 Å². The molecule has 0 aliphatic carbocycles. The lowest BCUT2D eigenvalue weighted by molar-refractivity contribution is 0.0465. The summed E-state index contributed by atoms with van der Waals surface area (Å²) in [6, 6.07) is 44.3. The van der Waals surface area contributed by atoms with Crippen molar-refractivity contribution in [2.75, 3.05) is 0 Å². The van der Waals surface area contributed by atoms with Gasteiger partial charge in [0, 0.05) is 12.4 Å². The molecular weight excluding hydrogens is 645 g/mol. The van der Waals surface area contributed by atoms with Crippen molar-refractivity contribution < 1.29 is 19.1 Å². The fraction of sp³-hybridized carbons (Fsp3) is 0.0435. The van der Waals surface area contributed by atoms with Crippen molar-refractivity contribution in [3.63, 3.8) is 0 Å². The van der Waals surface area contributed by atoms with Crippen molar-refractivity contribution in [3.05, 3.63) is 168 Å². The molecule has 0 fully saturated rings. The molecule has 6 heteroatoms. The van der Waals surface area contributed by atoms with Crippen molar-refractivity contribution in [1.82, 2.24) is 9.97 Å². The lowest BCUT2D eigenvalue weighted by Gasteiger charge is -2.14. The third kappa shape index (κ3) is 4.88. The predicted octanol–water partition coefficient (Wildman–Crippen LogP) is 10.7. The van der Waals surface area contributed by atoms with E-state index in [1.54, 1.807) is 36.7 Å². The van der Waals surface area contributed by atoms with Gasteiger partial charge in [-0.05, 0) is 100 Å². The Morgan fingerprint density at radius 3 is 1.21 bits per heavy atom. The molecule has 0 N–H and O–H groups in total. The summed E-state index contributed by atoms with van der Waals surface area (Å²) in [4.78, 5) is 35.5. The number of hydrogen-bond donors (Lipinski definition) is 0. The quantitative estimate of drug-likeness (QED) is 0.124. The monoisotopic (exact) mass is 672 g/mol. The topological polar surface area (TPSA) is 78.4 Å². The lowest BCUT2D eigenvalue weighted by atomic mass is 9.92. The van der Waals surface area contributed by atoms with Gasteiger partial charge in [-0.25, -0.2) is 9.59 Å². The van der Waals surface area contributed by atoms with E-state index in [-0.39, 0.29) is 13.2 Å². The maximum absolute atomic E-state index is 13.3. The number of ether oxygens (including phenoxy) is 2. The van der Waals surface area contributed by atoms with Crippen LogP contribution < -0.4 is 0 Å². The number of rotatable bonds is 7. The summed E-state index contributed by atoms with van der Waals surface area (Å²) < 4.78 is 11.7. The van der Waals surface area contributed by atoms with E-state index in [1.807, 2.05) is 12.1 Å². The van der Waals surface area contributed by atoms with Crippen LogP contribution in [0.2, 0.25) is 0 Å². The van der Waals surface area contributed by atoms with Crippen LogP contribution >= 0.6 is 0 Å². The highest BCUT2D eigenvalue weighted by Gasteiger charge is 2.17. The van der Waals surface area contributed by atoms with Crippen molar-refractivity contribution >= 4 is 76.6 Å². The first-order valence-corrected chi connectivity index (χ1v) is 17.2. The first kappa shape index (κ1) is 29.9. The molecule has 0 aliphatic heterocycles. The van der Waals surface area contributed by atoms with Crippen molar-refractivity contribution in [3.8, 4) is 11.4 Å². The molecule has 6 nitrogen and oxygen atoms in total. The van der Waals surface area contributed by atoms with E-state index in [2.05, 4.69) is 107 Å². The van der Waals surface area contributed by atoms with Gasteiger partial charge in [0.1, 0.15) is 13.2 Å². The summed E-state index contributed by atoms with van der Waals surface area (Å²) in [5, 5.41) is 14.0. The molecule has 0 amide bonds. The molecule has 0 radical (unpaired) electrons. The minimum atomic E-state index is -0.474. The van der Waals surface area contributed by atoms with Gasteiger partial charge in [-0.2, -0.15) is 0 Å². The maximum atomic E-state index is 13.3. The van der Waals surface area contributed by atoms with Crippen LogP contribution in [0.15, 0.2) is 146 Å². The second kappa shape index (κ2) is 11.9. The Morgan fingerprint density at radius 2 is 0.788 bits per heavy atom. The van der Waals surface area contributed by atoms with Crippen LogP contribution in [0.5, 0.6) is 0 Å². The van der Waals surface area contributed by atoms with E-state index in [1.165, 1.54) is 43.1 Å². The number of aromatic nitrogens is 2. The summed E-state index contributed by atoms with van der Waals surface area (Å²) in [6.45, 7) is 0.243. The van der Waals surface area contributed by atoms with Crippen LogP contribution in [0.3, 0.4) is 0 Å². The van der Waals surface area contributed by atoms with Gasteiger partial charge in [-0.15, -0.1) is 0 Å². The highest BCUT2D eigenvalue weighted by Crippen LogP contribution is 2.37. The fourth-order valence-corrected chi connectivity index (χ4v) is 7.69. The highest BCUT2D eigenvalue weighted by molar-refractivity contribution is 6.24. The van der Waals surface area contributed by atoms with Crippen LogP contribution in [0.25, 0.3) is 76.0 Å². The van der Waals surface area contributed by atoms with Gasteiger partial charge in [0.15, 0.2) is 0 Å². The average Bonchev–Trinajstić information content (AvgIpc) is 3.20. The number of carbonyl (C=O) groups is 2. The Morgan fingerprint density at radius 1 is 0.423 bits per heavy atom. The molecule has 0 aliphatic rings. The Bertz CT molecular complexity index is 2790. The molecule has 2 heterocycles. The number of carbonyl (C=O) groups excluding carboxylic acids is 2. The number of hydrogen-bond acceptors (Lipinski definition) is 6. The molecule has 0 saturated heterocycles. The Kier molecular flexibility index (Phi) is 6.83. The Balaban J connectivity index is 0.868. The molecule has 0 bridgehead atoms. The number of pyridine rings is 2. The zero-order valence-corrected chi connectivity index (χ0v) is 27.8. The zero-order valence-electron chi connectivity index (χ0n) is 27.8. The van der Waals surface area contributed by atoms with Crippen molar-refractivity contribution in [2.45, 2.75) is 13.2 Å². The van der Waals surface area contributed by atoms with Gasteiger partial charge < -0.3 is 9.47 Å². The average molecular weight is 673 g/mol. The minimum absolute atomic E-state index is 0.121. The van der Waals surface area contributed by atoms with E-state index in [0.717, 1.165) is 32.7 Å². The van der Waals surface area contributed by atoms with E-state index >= 15 is 0 Å². The molecule has 2 aromatic heterocycles. The second-order valence-corrected chi connectivity index (χ2v) is 13.2. The SMILES string of the molecule is O=C(OCc1ccc2ccc3cccc4ccc1c2c34)c1ccnc(-c2cc(C(=O)OCc3ccc4ccc5cccc6ccc3c4c56)ccn2)c1. The lowest BCUT2D eigenvalue weighted by Crippen LogP contribution is -2.07. The first-order chi connectivity index (χ1) is 25.6. The zero-order chi connectivity index (χ0) is 34.8. The van der Waals surface area contributed by atoms with Crippen LogP contribution in [0.4, 0.5) is 0 Å². The van der Waals surface area contributed by atoms with Gasteiger partial charge in [-0.3, -0.25) is 9.97 Å². The molecule has 0 saturated carbocycles. The standard InChI is InChI=1S/C46H28N2O4/c49-45(51-25-35-13-11-31-9-7-27-3-1-5-29-15-17-37(35)43(31)41(27)29)33-19-21-47-39(23-33)40-24-34(20-22-48-40)46(50)52-26-36-14-12-32-10-8-28-4-2-6-30-16-18-38(36)44(32)42(28)30/h1-24H,25-26H2. The predicted molar refractivity (Wildman–Crippen MR) is 206 cm³/mol. The Labute approximate surface area is 297 Å². The van der Waals surface area contributed by atoms with Gasteiger partial charge >= 0.3 is 11.9 Å². The van der Waals surface area contributed by atoms with E-state index in [0.29, 0.717) is 22.5 Å². The first-order valence-electron chi connectivity index (χ1n) is 17.2. The summed E-state index contributed by atoms with van der Waals surface area (Å²) in [6.07, 6.45) is 3.09. The smallest absolute Gasteiger partial charge is 0.338 e. The van der Waals surface area contributed by atoms with Crippen LogP contribution in [-0.2, 0) is 22.7 Å². The summed E-state index contributed by atoms with van der Waals surface area (Å²) >= 11 is 0. The van der Waals surface area contributed by atoms with Crippen molar-refractivity contribution in [2.24, 2.45) is 0 Å². The maximum Gasteiger partial charge on any atom is 0.338 e. The molecule has 0 unspecified atom stereocenters. The molecule has 10 aromatic rings. The highest BCUT2D eigenvalue weighted by atomic mass is 16.5. The van der Waals surface area contributed by atoms with E-state index in [9.17, 15) is 9.59 Å². The third-order valence-corrected chi connectivity index (χ3v) is 10.2. The summed E-state index contributed by atoms with van der Waals surface area (Å²) in [5.74, 6) is -0.948. The van der Waals surface area contributed by atoms with Crippen LogP contribution in [-0.4, -0.2) is 21.9 Å². The molecule has 246 valence electrons. The normalized spacial score (nSPS) is 11.8. The minimum Gasteiger partial charge on any atom is -0.457 e. The fourth-order valence-electron chi connectivity index (χ4n) is 7.69. The third-order valence-electron chi connectivity index (χ3n) is 10.2. The van der Waals surface area contributed by atoms with Gasteiger partial charge in [0.25, 0.3) is 0 Å². The summed E-state index contributed by atoms with van der Waals surface area (Å²) in [7, 11) is 0. The number of nitrogens with zero attached hydrogens (tertiary/aromatic N) is 2. The number of benzene rings is 8. The molecular formula is C46H28N2O4. The van der Waals surface area contributed by atoms with Gasteiger partial charge in [-0.1, -0.05) is 109 Å². The van der Waals surface area contributed by atoms with Gasteiger partial charge in [0.2, 0.25) is 0 Å². The number of esters is 2. The molecule has 8 aromatic carbocycles. The summed E-state index contributed by atoms with van der Waals surface area (Å²) in [5.41, 5.74) is 3.43. The van der Waals surface area contributed by atoms with Crippen LogP contribution in [0, 0.1) is 0 Å². The molecule has 0 atom stereocenters. The van der Waals surface area contributed by atoms with E-state index < -0.39 is 11.9 Å². The van der Waals surface area contributed by atoms with Gasteiger partial charge in [0.05, 0.1) is 22.5 Å². The molecule has 0 spiro atoms. The van der Waals surface area contributed by atoms with Crippen LogP contribution in [0.1, 0.15) is 31.8 Å².